The van der Waals surface area contributed by atoms with E-state index >= 15 is 0 Å². The number of hydrogen-bond donors (Lipinski definition) is 2. The van der Waals surface area contributed by atoms with E-state index in [0.717, 1.165) is 10.3 Å². The molecule has 0 spiro atoms. The van der Waals surface area contributed by atoms with Gasteiger partial charge in [-0.2, -0.15) is 11.8 Å². The second-order valence-electron chi connectivity index (χ2n) is 4.66. The number of rotatable bonds is 5. The van der Waals surface area contributed by atoms with Gasteiger partial charge in [-0.1, -0.05) is 12.2 Å². The molecule has 0 bridgehead atoms. The van der Waals surface area contributed by atoms with E-state index in [9.17, 15) is 0 Å². The molecule has 20 heavy (non-hydrogen) atoms. The molecule has 0 amide bonds. The van der Waals surface area contributed by atoms with Crippen LogP contribution in [-0.4, -0.2) is 35.1 Å². The summed E-state index contributed by atoms with van der Waals surface area (Å²) in [4.78, 5) is 1.56. The topological polar surface area (TPSA) is 12.0 Å². The first kappa shape index (κ1) is 16.9. The Hall–Kier alpha value is 0.510. The van der Waals surface area contributed by atoms with E-state index < -0.39 is 0 Å². The first-order valence-electron chi connectivity index (χ1n) is 6.32. The highest BCUT2D eigenvalue weighted by molar-refractivity contribution is 8.27. The van der Waals surface area contributed by atoms with Crippen LogP contribution < -0.4 is 5.32 Å². The molecule has 6 heteroatoms. The van der Waals surface area contributed by atoms with Crippen LogP contribution in [0.2, 0.25) is 0 Å². The van der Waals surface area contributed by atoms with Gasteiger partial charge in [-0.15, -0.1) is 23.5 Å². The van der Waals surface area contributed by atoms with Crippen LogP contribution in [0.3, 0.4) is 0 Å². The lowest BCUT2D eigenvalue weighted by molar-refractivity contribution is 0.784. The second-order valence-corrected chi connectivity index (χ2v) is 11.1. The fraction of sp³-hybridized carbons (Fsp3) is 0.500. The van der Waals surface area contributed by atoms with E-state index in [1.165, 1.54) is 12.0 Å². The van der Waals surface area contributed by atoms with Gasteiger partial charge in [0, 0.05) is 10.3 Å². The number of nitrogens with one attached hydrogen (secondary N) is 1. The molecule has 1 aromatic rings. The van der Waals surface area contributed by atoms with E-state index in [1.54, 1.807) is 10.4 Å². The summed E-state index contributed by atoms with van der Waals surface area (Å²) in [5.74, 6) is 0. The summed E-state index contributed by atoms with van der Waals surface area (Å²) in [7, 11) is -0.0903. The minimum atomic E-state index is -0.0903. The minimum Gasteiger partial charge on any atom is -0.353 e. The van der Waals surface area contributed by atoms with Crippen molar-refractivity contribution in [2.45, 2.75) is 20.0 Å². The molecule has 112 valence electrons. The second kappa shape index (κ2) is 7.18. The van der Waals surface area contributed by atoms with Crippen LogP contribution in [0.25, 0.3) is 0 Å². The molecule has 0 saturated carbocycles. The van der Waals surface area contributed by atoms with Gasteiger partial charge >= 0.3 is 0 Å². The van der Waals surface area contributed by atoms with Gasteiger partial charge in [0.2, 0.25) is 0 Å². The summed E-state index contributed by atoms with van der Waals surface area (Å²) in [5.41, 5.74) is 4.19. The molecule has 1 aromatic carbocycles. The summed E-state index contributed by atoms with van der Waals surface area (Å²) in [6.07, 6.45) is 10.4. The monoisotopic (exact) mass is 363 g/mol. The fourth-order valence-corrected chi connectivity index (χ4v) is 9.33. The maximum atomic E-state index is 4.92. The number of thioether (sulfide) groups is 3. The van der Waals surface area contributed by atoms with Gasteiger partial charge in [-0.05, 0) is 60.1 Å². The zero-order chi connectivity index (χ0) is 14.8. The van der Waals surface area contributed by atoms with Crippen molar-refractivity contribution >= 4 is 69.6 Å². The zero-order valence-corrected chi connectivity index (χ0v) is 16.3. The minimum absolute atomic E-state index is 0.0903. The van der Waals surface area contributed by atoms with Crippen LogP contribution in [0.15, 0.2) is 23.1 Å². The third kappa shape index (κ3) is 3.00. The Labute approximate surface area is 143 Å². The van der Waals surface area contributed by atoms with Crippen LogP contribution in [0.5, 0.6) is 0 Å². The first-order chi connectivity index (χ1) is 9.61. The van der Waals surface area contributed by atoms with Gasteiger partial charge in [-0.3, -0.25) is 0 Å². The number of thiocarbonyl (C=S) groups is 1. The third-order valence-electron chi connectivity index (χ3n) is 3.82. The molecule has 0 saturated heterocycles. The average molecular weight is 364 g/mol. The van der Waals surface area contributed by atoms with Crippen molar-refractivity contribution in [3.05, 3.63) is 23.8 Å². The number of hydrogen-bond acceptors (Lipinski definition) is 4. The molecule has 1 N–H and O–H groups in total. The Morgan fingerprint density at radius 2 is 2.05 bits per heavy atom. The van der Waals surface area contributed by atoms with Crippen LogP contribution in [0, 0.1) is 0 Å². The molecule has 0 aliphatic carbocycles. The number of benzene rings is 1. The summed E-state index contributed by atoms with van der Waals surface area (Å²) >= 11 is 10.9. The number of fused-ring (bicyclic) bond motifs is 1. The highest BCUT2D eigenvalue weighted by Gasteiger charge is 2.41. The van der Waals surface area contributed by atoms with Gasteiger partial charge < -0.3 is 5.32 Å². The van der Waals surface area contributed by atoms with Crippen LogP contribution >= 0.6 is 58.4 Å². The SMILES string of the molecule is CSC1CC(SC)(SC)c2cc(NC=S)ccc2[SH]1C. The molecule has 1 aliphatic rings. The lowest BCUT2D eigenvalue weighted by Crippen LogP contribution is -2.29. The van der Waals surface area contributed by atoms with Crippen LogP contribution in [-0.2, 0) is 4.08 Å². The Morgan fingerprint density at radius 3 is 2.60 bits per heavy atom. The first-order valence-corrected chi connectivity index (χ1v) is 12.4. The van der Waals surface area contributed by atoms with Crippen molar-refractivity contribution in [1.82, 2.24) is 0 Å². The summed E-state index contributed by atoms with van der Waals surface area (Å²) in [6.45, 7) is 0. The highest BCUT2D eigenvalue weighted by atomic mass is 32.2. The molecule has 0 radical (unpaired) electrons. The normalized spacial score (nSPS) is 25.8. The van der Waals surface area contributed by atoms with Crippen molar-refractivity contribution in [3.63, 3.8) is 0 Å². The van der Waals surface area contributed by atoms with Gasteiger partial charge in [0.25, 0.3) is 0 Å². The van der Waals surface area contributed by atoms with Crippen molar-refractivity contribution < 1.29 is 0 Å². The Bertz CT molecular complexity index is 486. The summed E-state index contributed by atoms with van der Waals surface area (Å²) in [6, 6.07) is 6.78. The van der Waals surface area contributed by atoms with Crippen molar-refractivity contribution in [1.29, 1.82) is 0 Å². The predicted molar refractivity (Wildman–Crippen MR) is 108 cm³/mol. The number of anilines is 1. The molecule has 0 fully saturated rings. The van der Waals surface area contributed by atoms with E-state index in [0.29, 0.717) is 0 Å². The average Bonchev–Trinajstić information content (AvgIpc) is 2.49. The Kier molecular flexibility index (Phi) is 6.06. The van der Waals surface area contributed by atoms with Gasteiger partial charge in [0.05, 0.1) is 9.57 Å². The molecule has 2 rings (SSSR count). The van der Waals surface area contributed by atoms with E-state index in [2.05, 4.69) is 48.5 Å². The summed E-state index contributed by atoms with van der Waals surface area (Å²) < 4.78 is 0.929. The highest BCUT2D eigenvalue weighted by Crippen LogP contribution is 2.62. The predicted octanol–water partition coefficient (Wildman–Crippen LogP) is 5.02. The van der Waals surface area contributed by atoms with Crippen LogP contribution in [0.1, 0.15) is 12.0 Å². The molecule has 1 nitrogen and oxygen atoms in total. The quantitative estimate of drug-likeness (QED) is 0.431. The fourth-order valence-electron chi connectivity index (χ4n) is 2.65. The van der Waals surface area contributed by atoms with Crippen molar-refractivity contribution in [3.8, 4) is 0 Å². The Morgan fingerprint density at radius 1 is 1.35 bits per heavy atom. The van der Waals surface area contributed by atoms with Crippen molar-refractivity contribution in [2.75, 3.05) is 30.3 Å². The van der Waals surface area contributed by atoms with Gasteiger partial charge in [0.1, 0.15) is 0 Å². The molecule has 0 aromatic heterocycles. The zero-order valence-electron chi connectivity index (χ0n) is 12.2. The smallest absolute Gasteiger partial charge is 0.0883 e. The van der Waals surface area contributed by atoms with E-state index in [-0.39, 0.29) is 15.0 Å². The molecular weight excluding hydrogens is 342 g/mol. The maximum absolute atomic E-state index is 4.92. The van der Waals surface area contributed by atoms with E-state index in [4.69, 9.17) is 12.2 Å². The molecule has 2 atom stereocenters. The van der Waals surface area contributed by atoms with Gasteiger partial charge in [0.15, 0.2) is 0 Å². The molecule has 1 heterocycles. The molecule has 1 aliphatic heterocycles. The number of thiol groups is 1. The maximum Gasteiger partial charge on any atom is 0.0883 e. The van der Waals surface area contributed by atoms with Crippen molar-refractivity contribution in [2.24, 2.45) is 0 Å². The van der Waals surface area contributed by atoms with Gasteiger partial charge in [-0.25, -0.2) is 10.9 Å². The van der Waals surface area contributed by atoms with Crippen LogP contribution in [0.4, 0.5) is 5.69 Å². The lowest BCUT2D eigenvalue weighted by Gasteiger charge is -2.44. The van der Waals surface area contributed by atoms with E-state index in [1.807, 2.05) is 35.3 Å². The molecular formula is C14H21NS5. The summed E-state index contributed by atoms with van der Waals surface area (Å²) in [5, 5.41) is 3.16. The standard InChI is InChI=1S/C14H21NS5/c1-17-13-8-14(18-2,19-3)11-7-10(15-9-16)5-6-12(11)20(13)4/h5-7,9,13,20H,8H2,1-4H3,(H,15,16). The largest absolute Gasteiger partial charge is 0.353 e. The lowest BCUT2D eigenvalue weighted by atomic mass is 10.1. The third-order valence-corrected chi connectivity index (χ3v) is 11.5. The molecule has 2 unspecified atom stereocenters. The Balaban J connectivity index is 2.56.